The summed E-state index contributed by atoms with van der Waals surface area (Å²) in [6.07, 6.45) is 2.31. The van der Waals surface area contributed by atoms with Crippen LogP contribution in [0.1, 0.15) is 22.7 Å². The van der Waals surface area contributed by atoms with E-state index >= 15 is 0 Å². The SMILES string of the molecule is CN1CCc2[nH]c3cc(C4COC4)ccc3c2CC1. The molecule has 0 saturated carbocycles. The van der Waals surface area contributed by atoms with Crippen LogP contribution in [0.5, 0.6) is 0 Å². The van der Waals surface area contributed by atoms with Crippen LogP contribution in [0, 0.1) is 0 Å². The van der Waals surface area contributed by atoms with E-state index in [2.05, 4.69) is 35.1 Å². The lowest BCUT2D eigenvalue weighted by Gasteiger charge is -2.26. The van der Waals surface area contributed by atoms with E-state index < -0.39 is 0 Å². The minimum atomic E-state index is 0.610. The molecule has 1 fully saturated rings. The molecule has 1 N–H and O–H groups in total. The first kappa shape index (κ1) is 11.5. The lowest BCUT2D eigenvalue weighted by atomic mass is 9.96. The van der Waals surface area contributed by atoms with Crippen LogP contribution in [0.2, 0.25) is 0 Å². The van der Waals surface area contributed by atoms with Gasteiger partial charge in [0.15, 0.2) is 0 Å². The molecule has 19 heavy (non-hydrogen) atoms. The number of ether oxygens (including phenoxy) is 1. The highest BCUT2D eigenvalue weighted by Crippen LogP contribution is 2.30. The summed E-state index contributed by atoms with van der Waals surface area (Å²) >= 11 is 0. The summed E-state index contributed by atoms with van der Waals surface area (Å²) in [5.74, 6) is 0.610. The Bertz CT molecular complexity index is 612. The number of aromatic nitrogens is 1. The highest BCUT2D eigenvalue weighted by molar-refractivity contribution is 5.85. The molecular weight excluding hydrogens is 236 g/mol. The van der Waals surface area contributed by atoms with Crippen molar-refractivity contribution in [2.75, 3.05) is 33.4 Å². The van der Waals surface area contributed by atoms with Crippen molar-refractivity contribution in [1.29, 1.82) is 0 Å². The van der Waals surface area contributed by atoms with E-state index in [0.29, 0.717) is 5.92 Å². The summed E-state index contributed by atoms with van der Waals surface area (Å²) in [6.45, 7) is 4.09. The Balaban J connectivity index is 1.76. The van der Waals surface area contributed by atoms with Crippen molar-refractivity contribution >= 4 is 10.9 Å². The molecule has 2 aliphatic rings. The third kappa shape index (κ3) is 1.88. The monoisotopic (exact) mass is 256 g/mol. The van der Waals surface area contributed by atoms with Gasteiger partial charge in [-0.05, 0) is 30.7 Å². The molecule has 2 aliphatic heterocycles. The van der Waals surface area contributed by atoms with Crippen LogP contribution >= 0.6 is 0 Å². The predicted molar refractivity (Wildman–Crippen MR) is 76.8 cm³/mol. The average molecular weight is 256 g/mol. The second-order valence-electron chi connectivity index (χ2n) is 5.92. The number of hydrogen-bond donors (Lipinski definition) is 1. The van der Waals surface area contributed by atoms with E-state index in [-0.39, 0.29) is 0 Å². The molecule has 0 radical (unpaired) electrons. The predicted octanol–water partition coefficient (Wildman–Crippen LogP) is 2.31. The van der Waals surface area contributed by atoms with Crippen LogP contribution in [0.4, 0.5) is 0 Å². The molecule has 0 aliphatic carbocycles. The Labute approximate surface area is 113 Å². The van der Waals surface area contributed by atoms with Crippen LogP contribution in [0.3, 0.4) is 0 Å². The summed E-state index contributed by atoms with van der Waals surface area (Å²) in [5, 5.41) is 1.43. The van der Waals surface area contributed by atoms with Crippen molar-refractivity contribution in [3.63, 3.8) is 0 Å². The number of rotatable bonds is 1. The maximum absolute atomic E-state index is 5.30. The Morgan fingerprint density at radius 3 is 2.84 bits per heavy atom. The van der Waals surface area contributed by atoms with Gasteiger partial charge in [0.2, 0.25) is 0 Å². The number of fused-ring (bicyclic) bond motifs is 3. The average Bonchev–Trinajstić information content (AvgIpc) is 2.58. The Morgan fingerprint density at radius 2 is 2.05 bits per heavy atom. The topological polar surface area (TPSA) is 28.3 Å². The maximum Gasteiger partial charge on any atom is 0.0557 e. The molecule has 1 saturated heterocycles. The van der Waals surface area contributed by atoms with Crippen LogP contribution in [-0.2, 0) is 17.6 Å². The van der Waals surface area contributed by atoms with E-state index in [1.165, 1.54) is 27.7 Å². The van der Waals surface area contributed by atoms with Crippen LogP contribution in [-0.4, -0.2) is 43.2 Å². The zero-order valence-electron chi connectivity index (χ0n) is 11.4. The normalized spacial score (nSPS) is 21.1. The minimum absolute atomic E-state index is 0.610. The minimum Gasteiger partial charge on any atom is -0.380 e. The molecule has 4 rings (SSSR count). The Morgan fingerprint density at radius 1 is 1.21 bits per heavy atom. The van der Waals surface area contributed by atoms with E-state index in [1.54, 1.807) is 0 Å². The van der Waals surface area contributed by atoms with Gasteiger partial charge in [-0.15, -0.1) is 0 Å². The number of nitrogens with one attached hydrogen (secondary N) is 1. The molecule has 0 spiro atoms. The van der Waals surface area contributed by atoms with E-state index in [4.69, 9.17) is 4.74 Å². The van der Waals surface area contributed by atoms with Gasteiger partial charge in [-0.25, -0.2) is 0 Å². The molecule has 3 nitrogen and oxygen atoms in total. The molecule has 3 heteroatoms. The van der Waals surface area contributed by atoms with E-state index in [9.17, 15) is 0 Å². The Kier molecular flexibility index (Phi) is 2.64. The fraction of sp³-hybridized carbons (Fsp3) is 0.500. The molecule has 0 atom stereocenters. The van der Waals surface area contributed by atoms with Gasteiger partial charge >= 0.3 is 0 Å². The number of likely N-dealkylation sites (N-methyl/N-ethyl adjacent to an activating group) is 1. The van der Waals surface area contributed by atoms with Crippen molar-refractivity contribution in [3.05, 3.63) is 35.0 Å². The van der Waals surface area contributed by atoms with Crippen molar-refractivity contribution in [3.8, 4) is 0 Å². The van der Waals surface area contributed by atoms with Gasteiger partial charge in [-0.1, -0.05) is 12.1 Å². The number of aromatic amines is 1. The summed E-state index contributed by atoms with van der Waals surface area (Å²) in [4.78, 5) is 6.07. The second-order valence-corrected chi connectivity index (χ2v) is 5.92. The van der Waals surface area contributed by atoms with E-state index in [1.807, 2.05) is 0 Å². The third-order valence-electron chi connectivity index (χ3n) is 4.62. The van der Waals surface area contributed by atoms with Crippen molar-refractivity contribution in [1.82, 2.24) is 9.88 Å². The molecule has 0 bridgehead atoms. The molecule has 3 heterocycles. The number of H-pyrrole nitrogens is 1. The van der Waals surface area contributed by atoms with Gasteiger partial charge in [-0.2, -0.15) is 0 Å². The fourth-order valence-corrected chi connectivity index (χ4v) is 3.23. The highest BCUT2D eigenvalue weighted by Gasteiger charge is 2.22. The van der Waals surface area contributed by atoms with Crippen LogP contribution in [0.25, 0.3) is 10.9 Å². The lowest BCUT2D eigenvalue weighted by Crippen LogP contribution is -2.24. The second kappa shape index (κ2) is 4.36. The quantitative estimate of drug-likeness (QED) is 0.848. The number of hydrogen-bond acceptors (Lipinski definition) is 2. The van der Waals surface area contributed by atoms with Crippen molar-refractivity contribution in [2.45, 2.75) is 18.8 Å². The maximum atomic E-state index is 5.30. The fourth-order valence-electron chi connectivity index (χ4n) is 3.23. The molecule has 1 aromatic carbocycles. The molecule has 0 unspecified atom stereocenters. The van der Waals surface area contributed by atoms with Crippen LogP contribution < -0.4 is 0 Å². The molecule has 2 aromatic rings. The smallest absolute Gasteiger partial charge is 0.0557 e. The Hall–Kier alpha value is -1.32. The molecule has 0 amide bonds. The van der Waals surface area contributed by atoms with E-state index in [0.717, 1.165) is 39.1 Å². The highest BCUT2D eigenvalue weighted by atomic mass is 16.5. The number of nitrogens with zero attached hydrogens (tertiary/aromatic N) is 1. The summed E-state index contributed by atoms with van der Waals surface area (Å²) < 4.78 is 5.30. The standard InChI is InChI=1S/C16H20N2O/c1-18-6-4-14-13-3-2-11(12-9-19-10-12)8-16(13)17-15(14)5-7-18/h2-3,8,12,17H,4-7,9-10H2,1H3. The zero-order chi connectivity index (χ0) is 12.8. The first-order valence-electron chi connectivity index (χ1n) is 7.21. The van der Waals surface area contributed by atoms with Gasteiger partial charge in [0, 0.05) is 42.0 Å². The first-order chi connectivity index (χ1) is 9.31. The van der Waals surface area contributed by atoms with Crippen LogP contribution in [0.15, 0.2) is 18.2 Å². The summed E-state index contributed by atoms with van der Waals surface area (Å²) in [5.41, 5.74) is 5.73. The molecular formula is C16H20N2O. The largest absolute Gasteiger partial charge is 0.380 e. The lowest BCUT2D eigenvalue weighted by molar-refractivity contribution is 0.00847. The van der Waals surface area contributed by atoms with Gasteiger partial charge in [0.1, 0.15) is 0 Å². The van der Waals surface area contributed by atoms with Crippen molar-refractivity contribution in [2.24, 2.45) is 0 Å². The zero-order valence-corrected chi connectivity index (χ0v) is 11.4. The van der Waals surface area contributed by atoms with Gasteiger partial charge < -0.3 is 14.6 Å². The van der Waals surface area contributed by atoms with Gasteiger partial charge in [0.05, 0.1) is 13.2 Å². The number of benzene rings is 1. The summed E-state index contributed by atoms with van der Waals surface area (Å²) in [6, 6.07) is 6.93. The summed E-state index contributed by atoms with van der Waals surface area (Å²) in [7, 11) is 2.21. The van der Waals surface area contributed by atoms with Crippen molar-refractivity contribution < 1.29 is 4.74 Å². The van der Waals surface area contributed by atoms with Gasteiger partial charge in [-0.3, -0.25) is 0 Å². The first-order valence-corrected chi connectivity index (χ1v) is 7.21. The van der Waals surface area contributed by atoms with Gasteiger partial charge in [0.25, 0.3) is 0 Å². The molecule has 1 aromatic heterocycles. The molecule has 100 valence electrons. The third-order valence-corrected chi connectivity index (χ3v) is 4.62.